The molecule has 1 aliphatic rings. The van der Waals surface area contributed by atoms with Crippen molar-refractivity contribution in [2.75, 3.05) is 19.6 Å². The number of nitrogens with one attached hydrogen (secondary N) is 2. The van der Waals surface area contributed by atoms with Gasteiger partial charge in [-0.15, -0.1) is 0 Å². The minimum atomic E-state index is -0.626. The highest BCUT2D eigenvalue weighted by Crippen LogP contribution is 2.24. The standard InChI is InChI=1S/C25H30BrN3O3/c1-3-13-27-24(31)22(28-23(30)19-9-7-17(2)8-10-19)18-11-14-29(15-12-18)25(32)20-5-4-6-21(26)16-20/h4-10,16,18,22H,3,11-15H2,1-2H3,(H,27,31)(H,28,30)/t22-/m1/s1. The van der Waals surface area contributed by atoms with E-state index in [4.69, 9.17) is 0 Å². The smallest absolute Gasteiger partial charge is 0.253 e. The van der Waals surface area contributed by atoms with Gasteiger partial charge < -0.3 is 15.5 Å². The van der Waals surface area contributed by atoms with Crippen LogP contribution in [0.5, 0.6) is 0 Å². The molecule has 2 aromatic rings. The van der Waals surface area contributed by atoms with Crippen LogP contribution < -0.4 is 10.6 Å². The number of halogens is 1. The molecule has 2 N–H and O–H groups in total. The van der Waals surface area contributed by atoms with Crippen LogP contribution in [0, 0.1) is 12.8 Å². The van der Waals surface area contributed by atoms with Gasteiger partial charge in [0.25, 0.3) is 11.8 Å². The number of carbonyl (C=O) groups excluding carboxylic acids is 3. The highest BCUT2D eigenvalue weighted by Gasteiger charge is 2.34. The first kappa shape index (κ1) is 24.0. The van der Waals surface area contributed by atoms with Gasteiger partial charge in [0, 0.05) is 35.2 Å². The fourth-order valence-electron chi connectivity index (χ4n) is 3.93. The molecule has 2 aromatic carbocycles. The fraction of sp³-hybridized carbons (Fsp3) is 0.400. The second-order valence-corrected chi connectivity index (χ2v) is 9.16. The van der Waals surface area contributed by atoms with Crippen molar-refractivity contribution in [3.8, 4) is 0 Å². The topological polar surface area (TPSA) is 78.5 Å². The Kier molecular flexibility index (Phi) is 8.45. The molecule has 32 heavy (non-hydrogen) atoms. The molecule has 0 aromatic heterocycles. The van der Waals surface area contributed by atoms with Crippen LogP contribution in [0.25, 0.3) is 0 Å². The van der Waals surface area contributed by atoms with Crippen LogP contribution in [0.3, 0.4) is 0 Å². The second-order valence-electron chi connectivity index (χ2n) is 8.25. The number of likely N-dealkylation sites (tertiary alicyclic amines) is 1. The summed E-state index contributed by atoms with van der Waals surface area (Å²) in [5, 5.41) is 5.88. The molecule has 1 saturated heterocycles. The second kappa shape index (κ2) is 11.3. The van der Waals surface area contributed by atoms with Gasteiger partial charge in [-0.3, -0.25) is 14.4 Å². The molecule has 6 nitrogen and oxygen atoms in total. The summed E-state index contributed by atoms with van der Waals surface area (Å²) in [6.45, 7) is 5.62. The normalized spacial score (nSPS) is 15.2. The first-order valence-electron chi connectivity index (χ1n) is 11.1. The summed E-state index contributed by atoms with van der Waals surface area (Å²) < 4.78 is 0.865. The van der Waals surface area contributed by atoms with E-state index in [0.717, 1.165) is 16.5 Å². The summed E-state index contributed by atoms with van der Waals surface area (Å²) in [6, 6.07) is 14.0. The zero-order valence-electron chi connectivity index (χ0n) is 18.6. The highest BCUT2D eigenvalue weighted by atomic mass is 79.9. The van der Waals surface area contributed by atoms with E-state index in [1.54, 1.807) is 12.1 Å². The number of aryl methyl sites for hydroxylation is 1. The number of rotatable bonds is 7. The molecule has 0 radical (unpaired) electrons. The van der Waals surface area contributed by atoms with Gasteiger partial charge >= 0.3 is 0 Å². The lowest BCUT2D eigenvalue weighted by Gasteiger charge is -2.36. The van der Waals surface area contributed by atoms with Gasteiger partial charge in [-0.1, -0.05) is 46.6 Å². The number of hydrogen-bond acceptors (Lipinski definition) is 3. The Morgan fingerprint density at radius 2 is 1.75 bits per heavy atom. The van der Waals surface area contributed by atoms with E-state index in [9.17, 15) is 14.4 Å². The molecular weight excluding hydrogens is 470 g/mol. The Morgan fingerprint density at radius 3 is 2.38 bits per heavy atom. The van der Waals surface area contributed by atoms with Gasteiger partial charge in [0.1, 0.15) is 6.04 Å². The van der Waals surface area contributed by atoms with Gasteiger partial charge in [-0.05, 0) is 62.4 Å². The maximum Gasteiger partial charge on any atom is 0.253 e. The van der Waals surface area contributed by atoms with Crippen LogP contribution >= 0.6 is 15.9 Å². The molecule has 3 amide bonds. The van der Waals surface area contributed by atoms with E-state index >= 15 is 0 Å². The van der Waals surface area contributed by atoms with Gasteiger partial charge in [-0.2, -0.15) is 0 Å². The molecule has 1 atom stereocenters. The van der Waals surface area contributed by atoms with Crippen molar-refractivity contribution in [3.05, 3.63) is 69.7 Å². The largest absolute Gasteiger partial charge is 0.354 e. The lowest BCUT2D eigenvalue weighted by molar-refractivity contribution is -0.124. The lowest BCUT2D eigenvalue weighted by Crippen LogP contribution is -2.54. The van der Waals surface area contributed by atoms with Crippen LogP contribution in [0.15, 0.2) is 53.0 Å². The predicted octanol–water partition coefficient (Wildman–Crippen LogP) is 3.93. The first-order valence-corrected chi connectivity index (χ1v) is 11.9. The third-order valence-electron chi connectivity index (χ3n) is 5.80. The summed E-state index contributed by atoms with van der Waals surface area (Å²) in [5.41, 5.74) is 2.25. The highest BCUT2D eigenvalue weighted by molar-refractivity contribution is 9.10. The average Bonchev–Trinajstić information content (AvgIpc) is 2.81. The Bertz CT molecular complexity index is 953. The molecule has 1 aliphatic heterocycles. The zero-order valence-corrected chi connectivity index (χ0v) is 20.2. The SMILES string of the molecule is CCCNC(=O)[C@H](NC(=O)c1ccc(C)cc1)C1CCN(C(=O)c2cccc(Br)c2)CC1. The van der Waals surface area contributed by atoms with E-state index in [2.05, 4.69) is 26.6 Å². The number of benzene rings is 2. The predicted molar refractivity (Wildman–Crippen MR) is 129 cm³/mol. The minimum absolute atomic E-state index is 0.0135. The van der Waals surface area contributed by atoms with Crippen LogP contribution in [0.4, 0.5) is 0 Å². The number of carbonyl (C=O) groups is 3. The van der Waals surface area contributed by atoms with E-state index in [0.29, 0.717) is 43.6 Å². The van der Waals surface area contributed by atoms with Crippen molar-refractivity contribution in [1.29, 1.82) is 0 Å². The van der Waals surface area contributed by atoms with Gasteiger partial charge in [0.2, 0.25) is 5.91 Å². The maximum atomic E-state index is 12.9. The molecule has 1 fully saturated rings. The summed E-state index contributed by atoms with van der Waals surface area (Å²) in [5.74, 6) is -0.466. The van der Waals surface area contributed by atoms with Crippen LogP contribution in [-0.4, -0.2) is 48.3 Å². The van der Waals surface area contributed by atoms with Gasteiger partial charge in [-0.25, -0.2) is 0 Å². The molecule has 170 valence electrons. The Balaban J connectivity index is 1.67. The molecule has 0 unspecified atom stereocenters. The molecule has 0 saturated carbocycles. The van der Waals surface area contributed by atoms with Gasteiger partial charge in [0.05, 0.1) is 0 Å². The number of nitrogens with zero attached hydrogens (tertiary/aromatic N) is 1. The Hall–Kier alpha value is -2.67. The van der Waals surface area contributed by atoms with E-state index in [1.165, 1.54) is 0 Å². The van der Waals surface area contributed by atoms with E-state index in [-0.39, 0.29) is 23.6 Å². The summed E-state index contributed by atoms with van der Waals surface area (Å²) in [7, 11) is 0. The van der Waals surface area contributed by atoms with Crippen molar-refractivity contribution in [2.45, 2.75) is 39.2 Å². The van der Waals surface area contributed by atoms with Gasteiger partial charge in [0.15, 0.2) is 0 Å². The van der Waals surface area contributed by atoms with Crippen LogP contribution in [-0.2, 0) is 4.79 Å². The van der Waals surface area contributed by atoms with Crippen molar-refractivity contribution in [1.82, 2.24) is 15.5 Å². The third kappa shape index (κ3) is 6.19. The molecule has 3 rings (SSSR count). The molecule has 7 heteroatoms. The molecule has 0 spiro atoms. The molecule has 0 aliphatic carbocycles. The van der Waals surface area contributed by atoms with Crippen LogP contribution in [0.1, 0.15) is 52.5 Å². The minimum Gasteiger partial charge on any atom is -0.354 e. The van der Waals surface area contributed by atoms with Crippen molar-refractivity contribution >= 4 is 33.7 Å². The first-order chi connectivity index (χ1) is 15.4. The fourth-order valence-corrected chi connectivity index (χ4v) is 4.32. The van der Waals surface area contributed by atoms with E-state index < -0.39 is 6.04 Å². The molecular formula is C25H30BrN3O3. The van der Waals surface area contributed by atoms with Crippen LogP contribution in [0.2, 0.25) is 0 Å². The Morgan fingerprint density at radius 1 is 1.06 bits per heavy atom. The maximum absolute atomic E-state index is 12.9. The number of piperidine rings is 1. The quantitative estimate of drug-likeness (QED) is 0.605. The zero-order chi connectivity index (χ0) is 23.1. The Labute approximate surface area is 197 Å². The third-order valence-corrected chi connectivity index (χ3v) is 6.30. The van der Waals surface area contributed by atoms with Crippen molar-refractivity contribution in [2.24, 2.45) is 5.92 Å². The van der Waals surface area contributed by atoms with E-state index in [1.807, 2.05) is 55.1 Å². The molecule has 0 bridgehead atoms. The average molecular weight is 500 g/mol. The van der Waals surface area contributed by atoms with Crippen molar-refractivity contribution in [3.63, 3.8) is 0 Å². The monoisotopic (exact) mass is 499 g/mol. The number of amides is 3. The lowest BCUT2D eigenvalue weighted by atomic mass is 9.88. The molecule has 1 heterocycles. The number of hydrogen-bond donors (Lipinski definition) is 2. The summed E-state index contributed by atoms with van der Waals surface area (Å²) in [6.07, 6.45) is 2.13. The summed E-state index contributed by atoms with van der Waals surface area (Å²) in [4.78, 5) is 40.4. The van der Waals surface area contributed by atoms with Crippen molar-refractivity contribution < 1.29 is 14.4 Å². The summed E-state index contributed by atoms with van der Waals surface area (Å²) >= 11 is 3.41.